The number of hydrogen-bond acceptors (Lipinski definition) is 7. The summed E-state index contributed by atoms with van der Waals surface area (Å²) in [6, 6.07) is 7.93. The predicted octanol–water partition coefficient (Wildman–Crippen LogP) is 2.99. The van der Waals surface area contributed by atoms with E-state index in [1.54, 1.807) is 4.90 Å². The monoisotopic (exact) mass is 430 g/mol. The largest absolute Gasteiger partial charge is 0.355 e. The number of piperidine rings is 1. The molecule has 0 N–H and O–H groups in total. The van der Waals surface area contributed by atoms with Crippen molar-refractivity contribution in [3.63, 3.8) is 0 Å². The normalized spacial score (nSPS) is 17.2. The van der Waals surface area contributed by atoms with Crippen LogP contribution in [0.25, 0.3) is 0 Å². The maximum absolute atomic E-state index is 12.8. The van der Waals surface area contributed by atoms with Crippen molar-refractivity contribution >= 4 is 34.8 Å². The fourth-order valence-electron chi connectivity index (χ4n) is 3.88. The smallest absolute Gasteiger partial charge is 0.270 e. The lowest BCUT2D eigenvalue weighted by atomic mass is 10.1. The summed E-state index contributed by atoms with van der Waals surface area (Å²) in [7, 11) is 0. The summed E-state index contributed by atoms with van der Waals surface area (Å²) in [5.41, 5.74) is 0.148. The molecule has 0 radical (unpaired) electrons. The zero-order chi connectivity index (χ0) is 21.1. The molecule has 1 aromatic heterocycles. The Morgan fingerprint density at radius 3 is 2.03 bits per heavy atom. The number of aromatic nitrogens is 2. The fraction of sp³-hybridized carbons (Fsp3) is 0.450. The first-order valence-electron chi connectivity index (χ1n) is 10.1. The van der Waals surface area contributed by atoms with Gasteiger partial charge in [0.15, 0.2) is 11.6 Å². The van der Waals surface area contributed by atoms with Crippen LogP contribution in [0.5, 0.6) is 0 Å². The molecule has 0 bridgehead atoms. The molecular formula is C20H23ClN6O3. The van der Waals surface area contributed by atoms with E-state index in [4.69, 9.17) is 11.6 Å². The minimum atomic E-state index is -0.531. The van der Waals surface area contributed by atoms with Crippen LogP contribution < -0.4 is 9.80 Å². The van der Waals surface area contributed by atoms with Crippen molar-refractivity contribution in [2.45, 2.75) is 19.3 Å². The lowest BCUT2D eigenvalue weighted by molar-refractivity contribution is -0.384. The molecule has 4 rings (SSSR count). The molecule has 0 unspecified atom stereocenters. The van der Waals surface area contributed by atoms with E-state index in [9.17, 15) is 14.9 Å². The second kappa shape index (κ2) is 8.83. The van der Waals surface area contributed by atoms with E-state index < -0.39 is 4.92 Å². The second-order valence-corrected chi connectivity index (χ2v) is 7.91. The number of amides is 1. The highest BCUT2D eigenvalue weighted by molar-refractivity contribution is 6.34. The summed E-state index contributed by atoms with van der Waals surface area (Å²) >= 11 is 6.11. The third kappa shape index (κ3) is 4.30. The zero-order valence-corrected chi connectivity index (χ0v) is 17.3. The standard InChI is InChI=1S/C20H23ClN6O3/c21-17-14-15(27(29)30)4-5-16(17)20(28)26-12-10-25(11-13-26)19-7-6-18(22-23-19)24-8-2-1-3-9-24/h4-7,14H,1-3,8-13H2. The quantitative estimate of drug-likeness (QED) is 0.543. The van der Waals surface area contributed by atoms with Gasteiger partial charge in [0.05, 0.1) is 15.5 Å². The summed E-state index contributed by atoms with van der Waals surface area (Å²) < 4.78 is 0. The number of nitro groups is 1. The van der Waals surface area contributed by atoms with E-state index in [-0.39, 0.29) is 22.2 Å². The third-order valence-corrected chi connectivity index (χ3v) is 5.91. The number of non-ortho nitro benzene ring substituents is 1. The Hall–Kier alpha value is -2.94. The molecule has 0 saturated carbocycles. The van der Waals surface area contributed by atoms with Gasteiger partial charge in [-0.3, -0.25) is 14.9 Å². The van der Waals surface area contributed by atoms with E-state index in [0.29, 0.717) is 26.2 Å². The number of nitrogens with zero attached hydrogens (tertiary/aromatic N) is 6. The van der Waals surface area contributed by atoms with Crippen LogP contribution in [0.15, 0.2) is 30.3 Å². The molecule has 2 saturated heterocycles. The number of carbonyl (C=O) groups is 1. The number of anilines is 2. The molecule has 0 atom stereocenters. The average molecular weight is 431 g/mol. The highest BCUT2D eigenvalue weighted by atomic mass is 35.5. The molecule has 9 nitrogen and oxygen atoms in total. The van der Waals surface area contributed by atoms with Crippen LogP contribution in [-0.4, -0.2) is 65.2 Å². The van der Waals surface area contributed by atoms with Crippen LogP contribution in [0, 0.1) is 10.1 Å². The molecule has 0 spiro atoms. The van der Waals surface area contributed by atoms with E-state index >= 15 is 0 Å². The Morgan fingerprint density at radius 2 is 1.50 bits per heavy atom. The van der Waals surface area contributed by atoms with Crippen molar-refractivity contribution in [2.24, 2.45) is 0 Å². The van der Waals surface area contributed by atoms with Crippen molar-refractivity contribution in [1.29, 1.82) is 0 Å². The Morgan fingerprint density at radius 1 is 0.900 bits per heavy atom. The molecule has 2 aromatic rings. The Balaban J connectivity index is 1.36. The van der Waals surface area contributed by atoms with Crippen molar-refractivity contribution in [3.05, 3.63) is 51.0 Å². The zero-order valence-electron chi connectivity index (χ0n) is 16.5. The molecule has 0 aliphatic carbocycles. The Labute approximate surface area is 179 Å². The molecule has 2 fully saturated rings. The van der Waals surface area contributed by atoms with Gasteiger partial charge in [-0.05, 0) is 37.5 Å². The van der Waals surface area contributed by atoms with Gasteiger partial charge in [-0.25, -0.2) is 0 Å². The predicted molar refractivity (Wildman–Crippen MR) is 114 cm³/mol. The Bertz CT molecular complexity index is 925. The Kier molecular flexibility index (Phi) is 5.98. The van der Waals surface area contributed by atoms with E-state index in [1.807, 2.05) is 12.1 Å². The van der Waals surface area contributed by atoms with Crippen molar-refractivity contribution in [1.82, 2.24) is 15.1 Å². The van der Waals surface area contributed by atoms with Gasteiger partial charge in [-0.1, -0.05) is 11.6 Å². The average Bonchev–Trinajstić information content (AvgIpc) is 2.79. The SMILES string of the molecule is O=C(c1ccc([N+](=O)[O-])cc1Cl)N1CCN(c2ccc(N3CCCCC3)nn2)CC1. The minimum absolute atomic E-state index is 0.0933. The van der Waals surface area contributed by atoms with Crippen LogP contribution in [0.2, 0.25) is 5.02 Å². The van der Waals surface area contributed by atoms with Crippen molar-refractivity contribution < 1.29 is 9.72 Å². The molecule has 2 aliphatic heterocycles. The lowest BCUT2D eigenvalue weighted by Crippen LogP contribution is -2.49. The number of benzene rings is 1. The van der Waals surface area contributed by atoms with Crippen molar-refractivity contribution in [3.8, 4) is 0 Å². The number of nitro benzene ring substituents is 1. The summed E-state index contributed by atoms with van der Waals surface area (Å²) in [5, 5.41) is 19.7. The summed E-state index contributed by atoms with van der Waals surface area (Å²) in [6.07, 6.45) is 3.66. The van der Waals surface area contributed by atoms with Crippen LogP contribution in [0.4, 0.5) is 17.3 Å². The molecular weight excluding hydrogens is 408 g/mol. The molecule has 1 amide bonds. The van der Waals surface area contributed by atoms with Crippen LogP contribution in [-0.2, 0) is 0 Å². The number of carbonyl (C=O) groups excluding carboxylic acids is 1. The first-order valence-corrected chi connectivity index (χ1v) is 10.5. The van der Waals surface area contributed by atoms with Gasteiger partial charge in [0.25, 0.3) is 11.6 Å². The van der Waals surface area contributed by atoms with Gasteiger partial charge in [0.1, 0.15) is 0 Å². The first kappa shape index (κ1) is 20.3. The second-order valence-electron chi connectivity index (χ2n) is 7.50. The van der Waals surface area contributed by atoms with Crippen LogP contribution in [0.1, 0.15) is 29.6 Å². The topological polar surface area (TPSA) is 95.7 Å². The summed E-state index contributed by atoms with van der Waals surface area (Å²) in [5.74, 6) is 1.50. The van der Waals surface area contributed by atoms with Crippen molar-refractivity contribution in [2.75, 3.05) is 49.1 Å². The minimum Gasteiger partial charge on any atom is -0.355 e. The molecule has 3 heterocycles. The van der Waals surface area contributed by atoms with Gasteiger partial charge < -0.3 is 14.7 Å². The van der Waals surface area contributed by atoms with Gasteiger partial charge in [0.2, 0.25) is 0 Å². The van der Waals surface area contributed by atoms with Gasteiger partial charge >= 0.3 is 0 Å². The molecule has 158 valence electrons. The van der Waals surface area contributed by atoms with Gasteiger partial charge in [0, 0.05) is 51.4 Å². The van der Waals surface area contributed by atoms with Gasteiger partial charge in [-0.2, -0.15) is 0 Å². The number of halogens is 1. The summed E-state index contributed by atoms with van der Waals surface area (Å²) in [6.45, 7) is 4.35. The highest BCUT2D eigenvalue weighted by Gasteiger charge is 2.25. The number of rotatable bonds is 4. The molecule has 10 heteroatoms. The van der Waals surface area contributed by atoms with E-state index in [1.165, 1.54) is 37.5 Å². The maximum Gasteiger partial charge on any atom is 0.270 e. The molecule has 1 aromatic carbocycles. The first-order chi connectivity index (χ1) is 14.5. The van der Waals surface area contributed by atoms with Gasteiger partial charge in [-0.15, -0.1) is 10.2 Å². The van der Waals surface area contributed by atoms with E-state index in [2.05, 4.69) is 20.0 Å². The molecule has 30 heavy (non-hydrogen) atoms. The van der Waals surface area contributed by atoms with Crippen LogP contribution in [0.3, 0.4) is 0 Å². The molecule has 2 aliphatic rings. The number of piperazine rings is 1. The van der Waals surface area contributed by atoms with Crippen LogP contribution >= 0.6 is 11.6 Å². The lowest BCUT2D eigenvalue weighted by Gasteiger charge is -2.35. The third-order valence-electron chi connectivity index (χ3n) is 5.60. The highest BCUT2D eigenvalue weighted by Crippen LogP contribution is 2.25. The summed E-state index contributed by atoms with van der Waals surface area (Å²) in [4.78, 5) is 29.2. The maximum atomic E-state index is 12.8. The van der Waals surface area contributed by atoms with E-state index in [0.717, 1.165) is 24.7 Å². The number of hydrogen-bond donors (Lipinski definition) is 0. The fourth-order valence-corrected chi connectivity index (χ4v) is 4.13.